The number of alkyl halides is 1. The number of carboxylic acid groups (broad SMARTS) is 1. The number of aromatic carboxylic acids is 1. The summed E-state index contributed by atoms with van der Waals surface area (Å²) in [5.41, 5.74) is 0.757. The van der Waals surface area contributed by atoms with Gasteiger partial charge in [-0.2, -0.15) is 0 Å². The third-order valence-corrected chi connectivity index (χ3v) is 4.58. The molecule has 28 heavy (non-hydrogen) atoms. The van der Waals surface area contributed by atoms with Gasteiger partial charge in [0.15, 0.2) is 0 Å². The summed E-state index contributed by atoms with van der Waals surface area (Å²) in [4.78, 5) is 22.6. The molecular weight excluding hydrogens is 501 g/mol. The largest absolute Gasteiger partial charge is 0.478 e. The molecule has 0 atom stereocenters. The minimum Gasteiger partial charge on any atom is -0.478 e. The van der Waals surface area contributed by atoms with Crippen molar-refractivity contribution in [3.8, 4) is 0 Å². The Morgan fingerprint density at radius 2 is 1.43 bits per heavy atom. The quantitative estimate of drug-likeness (QED) is 0.181. The monoisotopic (exact) mass is 527 g/mol. The maximum atomic E-state index is 11.8. The zero-order chi connectivity index (χ0) is 20.5. The van der Waals surface area contributed by atoms with Crippen molar-refractivity contribution in [2.75, 3.05) is 67.7 Å². The Morgan fingerprint density at radius 3 is 1.96 bits per heavy atom. The van der Waals surface area contributed by atoms with E-state index < -0.39 is 5.97 Å². The van der Waals surface area contributed by atoms with Crippen LogP contribution in [0.5, 0.6) is 0 Å². The van der Waals surface area contributed by atoms with E-state index in [1.54, 1.807) is 12.1 Å². The minimum absolute atomic E-state index is 0.139. The third-order valence-electron chi connectivity index (χ3n) is 3.21. The van der Waals surface area contributed by atoms with E-state index in [4.69, 9.17) is 24.1 Å². The van der Waals surface area contributed by atoms with Crippen LogP contribution in [0.2, 0.25) is 0 Å². The van der Waals surface area contributed by atoms with Crippen molar-refractivity contribution in [1.82, 2.24) is 0 Å². The van der Waals surface area contributed by atoms with E-state index in [1.165, 1.54) is 23.9 Å². The molecule has 0 aliphatic rings. The minimum atomic E-state index is -0.996. The highest BCUT2D eigenvalue weighted by Gasteiger charge is 2.05. The van der Waals surface area contributed by atoms with Crippen LogP contribution in [0.25, 0.3) is 0 Å². The van der Waals surface area contributed by atoms with Crippen molar-refractivity contribution in [1.29, 1.82) is 0 Å². The molecule has 0 radical (unpaired) electrons. The van der Waals surface area contributed by atoms with Crippen molar-refractivity contribution < 1.29 is 33.6 Å². The van der Waals surface area contributed by atoms with Crippen molar-refractivity contribution in [2.45, 2.75) is 0 Å². The summed E-state index contributed by atoms with van der Waals surface area (Å²) in [6.07, 6.45) is 0. The van der Waals surface area contributed by atoms with Crippen LogP contribution in [0, 0.1) is 0 Å². The number of ether oxygens (including phenoxy) is 4. The molecule has 0 aliphatic heterocycles. The lowest BCUT2D eigenvalue weighted by molar-refractivity contribution is -0.113. The van der Waals surface area contributed by atoms with Crippen LogP contribution < -0.4 is 5.32 Å². The molecule has 8 nitrogen and oxygen atoms in total. The number of halogens is 1. The number of rotatable bonds is 17. The topological polar surface area (TPSA) is 103 Å². The summed E-state index contributed by atoms with van der Waals surface area (Å²) in [7, 11) is 0. The SMILES string of the molecule is O=C(CSCCOCCOCCOCCOCI)Nc1ccc(C(=O)O)cc1. The van der Waals surface area contributed by atoms with Gasteiger partial charge in [0.05, 0.1) is 62.2 Å². The molecule has 10 heteroatoms. The van der Waals surface area contributed by atoms with Crippen LogP contribution in [-0.2, 0) is 23.7 Å². The molecule has 1 amide bonds. The van der Waals surface area contributed by atoms with Crippen LogP contribution in [0.1, 0.15) is 10.4 Å². The highest BCUT2D eigenvalue weighted by Crippen LogP contribution is 2.10. The van der Waals surface area contributed by atoms with Gasteiger partial charge in [-0.3, -0.25) is 4.79 Å². The number of carboxylic acids is 1. The molecule has 0 bridgehead atoms. The van der Waals surface area contributed by atoms with Crippen LogP contribution in [0.4, 0.5) is 5.69 Å². The van der Waals surface area contributed by atoms with Gasteiger partial charge in [0.25, 0.3) is 0 Å². The average Bonchev–Trinajstić information content (AvgIpc) is 2.68. The highest BCUT2D eigenvalue weighted by atomic mass is 127. The number of carbonyl (C=O) groups excluding carboxylic acids is 1. The van der Waals surface area contributed by atoms with E-state index in [-0.39, 0.29) is 11.5 Å². The molecule has 1 aromatic carbocycles. The fraction of sp³-hybridized carbons (Fsp3) is 0.556. The van der Waals surface area contributed by atoms with Crippen molar-refractivity contribution in [3.63, 3.8) is 0 Å². The van der Waals surface area contributed by atoms with Gasteiger partial charge >= 0.3 is 5.97 Å². The number of hydrogen-bond donors (Lipinski definition) is 2. The van der Waals surface area contributed by atoms with Gasteiger partial charge in [0.1, 0.15) is 0 Å². The predicted molar refractivity (Wildman–Crippen MR) is 117 cm³/mol. The number of benzene rings is 1. The average molecular weight is 527 g/mol. The Balaban J connectivity index is 1.90. The van der Waals surface area contributed by atoms with Crippen molar-refractivity contribution in [3.05, 3.63) is 29.8 Å². The summed E-state index contributed by atoms with van der Waals surface area (Å²) in [5, 5.41) is 11.6. The Hall–Kier alpha value is -0.920. The second kappa shape index (κ2) is 17.0. The highest BCUT2D eigenvalue weighted by molar-refractivity contribution is 14.1. The number of anilines is 1. The summed E-state index contributed by atoms with van der Waals surface area (Å²) in [5.74, 6) is -0.130. The van der Waals surface area contributed by atoms with E-state index in [0.717, 1.165) is 0 Å². The Morgan fingerprint density at radius 1 is 0.893 bits per heavy atom. The standard InChI is InChI=1S/C18H26INO7S/c19-14-27-10-9-25-6-5-24-7-8-26-11-12-28-13-17(21)20-16-3-1-15(2-4-16)18(22)23/h1-4H,5-14H2,(H,20,21)(H,22,23). The molecule has 0 fully saturated rings. The summed E-state index contributed by atoms with van der Waals surface area (Å²) in [6.45, 7) is 3.77. The van der Waals surface area contributed by atoms with E-state index in [9.17, 15) is 9.59 Å². The molecule has 1 aromatic rings. The first-order valence-electron chi connectivity index (χ1n) is 8.71. The van der Waals surface area contributed by atoms with Gasteiger partial charge in [-0.05, 0) is 24.3 Å². The molecular formula is C18H26INO7S. The molecule has 0 heterocycles. The molecule has 2 N–H and O–H groups in total. The molecule has 0 saturated heterocycles. The second-order valence-electron chi connectivity index (χ2n) is 5.34. The first-order valence-corrected chi connectivity index (χ1v) is 11.4. The first kappa shape index (κ1) is 25.1. The molecule has 1 rings (SSSR count). The van der Waals surface area contributed by atoms with Gasteiger partial charge in [0, 0.05) is 11.4 Å². The Bertz CT molecular complexity index is 559. The van der Waals surface area contributed by atoms with Crippen LogP contribution in [-0.4, -0.2) is 79.4 Å². The van der Waals surface area contributed by atoms with Crippen LogP contribution in [0.3, 0.4) is 0 Å². The summed E-state index contributed by atoms with van der Waals surface area (Å²) < 4.78 is 21.9. The smallest absolute Gasteiger partial charge is 0.335 e. The van der Waals surface area contributed by atoms with Gasteiger partial charge in [0.2, 0.25) is 5.91 Å². The van der Waals surface area contributed by atoms with E-state index in [0.29, 0.717) is 68.1 Å². The lowest BCUT2D eigenvalue weighted by Gasteiger charge is -2.07. The number of hydrogen-bond acceptors (Lipinski definition) is 7. The van der Waals surface area contributed by atoms with Crippen molar-refractivity contribution >= 4 is 51.9 Å². The van der Waals surface area contributed by atoms with Crippen LogP contribution in [0.15, 0.2) is 24.3 Å². The third kappa shape index (κ3) is 13.3. The Labute approximate surface area is 182 Å². The lowest BCUT2D eigenvalue weighted by atomic mass is 10.2. The van der Waals surface area contributed by atoms with E-state index in [2.05, 4.69) is 27.9 Å². The number of carbonyl (C=O) groups is 2. The first-order chi connectivity index (χ1) is 13.6. The molecule has 0 spiro atoms. The molecule has 0 aliphatic carbocycles. The number of nitrogens with one attached hydrogen (secondary N) is 1. The van der Waals surface area contributed by atoms with Gasteiger partial charge in [-0.1, -0.05) is 22.6 Å². The predicted octanol–water partition coefficient (Wildman–Crippen LogP) is 2.52. The van der Waals surface area contributed by atoms with Crippen LogP contribution >= 0.6 is 34.4 Å². The molecule has 158 valence electrons. The maximum absolute atomic E-state index is 11.8. The van der Waals surface area contributed by atoms with E-state index >= 15 is 0 Å². The molecule has 0 aromatic heterocycles. The molecule has 0 saturated carbocycles. The zero-order valence-electron chi connectivity index (χ0n) is 15.6. The van der Waals surface area contributed by atoms with Gasteiger partial charge in [-0.15, -0.1) is 11.8 Å². The summed E-state index contributed by atoms with van der Waals surface area (Å²) in [6, 6.07) is 6.04. The fourth-order valence-electron chi connectivity index (χ4n) is 1.89. The maximum Gasteiger partial charge on any atom is 0.335 e. The lowest BCUT2D eigenvalue weighted by Crippen LogP contribution is -2.15. The summed E-state index contributed by atoms with van der Waals surface area (Å²) >= 11 is 3.60. The fourth-order valence-corrected chi connectivity index (χ4v) is 2.84. The second-order valence-corrected chi connectivity index (χ2v) is 7.07. The number of amides is 1. The normalized spacial score (nSPS) is 10.8. The van der Waals surface area contributed by atoms with Gasteiger partial charge in [-0.25, -0.2) is 4.79 Å². The molecule has 0 unspecified atom stereocenters. The Kier molecular flexibility index (Phi) is 15.2. The van der Waals surface area contributed by atoms with E-state index in [1.807, 2.05) is 0 Å². The number of thioether (sulfide) groups is 1. The zero-order valence-corrected chi connectivity index (χ0v) is 18.5. The van der Waals surface area contributed by atoms with Crippen molar-refractivity contribution in [2.24, 2.45) is 0 Å². The van der Waals surface area contributed by atoms with Gasteiger partial charge < -0.3 is 29.4 Å².